The van der Waals surface area contributed by atoms with Gasteiger partial charge < -0.3 is 27.3 Å². The van der Waals surface area contributed by atoms with Gasteiger partial charge in [0.2, 0.25) is 0 Å². The molecular weight excluding hydrogens is 432 g/mol. The third-order valence-corrected chi connectivity index (χ3v) is 4.13. The van der Waals surface area contributed by atoms with Crippen molar-refractivity contribution in [1.82, 2.24) is 0 Å². The number of para-hydroxylation sites is 1. The van der Waals surface area contributed by atoms with Crippen LogP contribution in [0.2, 0.25) is 0 Å². The quantitative estimate of drug-likeness (QED) is 0.204. The molecule has 7 nitrogen and oxygen atoms in total. The van der Waals surface area contributed by atoms with Gasteiger partial charge >= 0.3 is 0 Å². The van der Waals surface area contributed by atoms with E-state index in [0.717, 1.165) is 22.4 Å². The number of nitrogens with zero attached hydrogens (tertiary/aromatic N) is 2. The Kier molecular flexibility index (Phi) is 12.2. The fraction of sp³-hybridized carbons (Fsp3) is 0.120. The molecule has 0 aliphatic heterocycles. The van der Waals surface area contributed by atoms with Gasteiger partial charge in [0.25, 0.3) is 0 Å². The highest BCUT2D eigenvalue weighted by Crippen LogP contribution is 2.16. The minimum Gasteiger partial charge on any atom is -0.508 e. The predicted molar refractivity (Wildman–Crippen MR) is 144 cm³/mol. The maximum absolute atomic E-state index is 9.15. The zero-order valence-corrected chi connectivity index (χ0v) is 19.8. The van der Waals surface area contributed by atoms with Crippen LogP contribution >= 0.6 is 12.2 Å². The molecule has 33 heavy (non-hydrogen) atoms. The summed E-state index contributed by atoms with van der Waals surface area (Å²) < 4.78 is 0. The number of phenols is 1. The first-order chi connectivity index (χ1) is 15.9. The number of thiocarbonyl (C=S) groups is 1. The van der Waals surface area contributed by atoms with Gasteiger partial charge in [-0.3, -0.25) is 0 Å². The molecule has 0 heterocycles. The molecule has 3 aromatic rings. The van der Waals surface area contributed by atoms with E-state index >= 15 is 0 Å². The van der Waals surface area contributed by atoms with Crippen molar-refractivity contribution in [3.05, 3.63) is 89.5 Å². The number of hydrogen-bond acceptors (Lipinski definition) is 4. The molecule has 0 aromatic heterocycles. The minimum absolute atomic E-state index is 0.193. The van der Waals surface area contributed by atoms with Gasteiger partial charge in [-0.05, 0) is 60.6 Å². The van der Waals surface area contributed by atoms with Crippen LogP contribution in [0.3, 0.4) is 0 Å². The molecule has 172 valence electrons. The molecule has 0 unspecified atom stereocenters. The highest BCUT2D eigenvalue weighted by atomic mass is 32.1. The predicted octanol–water partition coefficient (Wildman–Crippen LogP) is 5.13. The maximum atomic E-state index is 9.15. The van der Waals surface area contributed by atoms with Crippen LogP contribution in [-0.2, 0) is 0 Å². The molecular formula is C25H30N6OS. The van der Waals surface area contributed by atoms with E-state index in [9.17, 15) is 0 Å². The van der Waals surface area contributed by atoms with Gasteiger partial charge in [0.05, 0.1) is 5.69 Å². The minimum atomic E-state index is 0.193. The Morgan fingerprint density at radius 2 is 1.58 bits per heavy atom. The van der Waals surface area contributed by atoms with Gasteiger partial charge in [-0.15, -0.1) is 0 Å². The molecule has 0 saturated heterocycles. The summed E-state index contributed by atoms with van der Waals surface area (Å²) in [5.41, 5.74) is 15.5. The van der Waals surface area contributed by atoms with Crippen molar-refractivity contribution in [3.8, 4) is 5.75 Å². The molecule has 0 amide bonds. The Morgan fingerprint density at radius 1 is 0.970 bits per heavy atom. The molecule has 0 saturated carbocycles. The van der Waals surface area contributed by atoms with E-state index in [1.54, 1.807) is 48.5 Å². The number of aryl methyl sites for hydroxylation is 1. The first-order valence-electron chi connectivity index (χ1n) is 10.3. The van der Waals surface area contributed by atoms with Crippen LogP contribution in [0.4, 0.5) is 11.4 Å². The van der Waals surface area contributed by atoms with E-state index in [0.29, 0.717) is 16.6 Å². The number of amidine groups is 1. The molecule has 7 N–H and O–H groups in total. The highest BCUT2D eigenvalue weighted by molar-refractivity contribution is 7.80. The number of aromatic hydroxyl groups is 1. The van der Waals surface area contributed by atoms with Gasteiger partial charge in [0, 0.05) is 17.5 Å². The second-order valence-corrected chi connectivity index (χ2v) is 6.79. The summed E-state index contributed by atoms with van der Waals surface area (Å²) in [6, 6.07) is 21.5. The SMILES string of the molecule is CC.Cc1ccccc1NC(N)=S.N=Cc1ccc(C(N)=NC=Nc2ccc(O)cc2)cc1. The van der Waals surface area contributed by atoms with Crippen LogP contribution in [0.1, 0.15) is 30.5 Å². The Morgan fingerprint density at radius 3 is 2.12 bits per heavy atom. The maximum Gasteiger partial charge on any atom is 0.168 e. The summed E-state index contributed by atoms with van der Waals surface area (Å²) in [6.07, 6.45) is 2.63. The fourth-order valence-corrected chi connectivity index (χ4v) is 2.48. The lowest BCUT2D eigenvalue weighted by molar-refractivity contribution is 0.475. The Balaban J connectivity index is 0.000000354. The van der Waals surface area contributed by atoms with E-state index < -0.39 is 0 Å². The van der Waals surface area contributed by atoms with Crippen molar-refractivity contribution in [2.75, 3.05) is 5.32 Å². The second-order valence-electron chi connectivity index (χ2n) is 6.35. The van der Waals surface area contributed by atoms with Crippen LogP contribution in [0, 0.1) is 12.3 Å². The van der Waals surface area contributed by atoms with Crippen LogP contribution in [-0.4, -0.2) is 28.6 Å². The van der Waals surface area contributed by atoms with Gasteiger partial charge in [-0.25, -0.2) is 9.98 Å². The molecule has 0 atom stereocenters. The van der Waals surface area contributed by atoms with Gasteiger partial charge in [-0.1, -0.05) is 56.3 Å². The van der Waals surface area contributed by atoms with Crippen molar-refractivity contribution >= 4 is 47.1 Å². The Bertz CT molecular complexity index is 1080. The number of phenolic OH excluding ortho intramolecular Hbond substituents is 1. The molecule has 0 aliphatic carbocycles. The third kappa shape index (κ3) is 10.2. The molecule has 0 spiro atoms. The normalized spacial score (nSPS) is 10.3. The first kappa shape index (κ1) is 27.0. The molecule has 3 rings (SSSR count). The largest absolute Gasteiger partial charge is 0.508 e. The number of nitrogens with one attached hydrogen (secondary N) is 2. The van der Waals surface area contributed by atoms with E-state index in [4.69, 9.17) is 34.2 Å². The Labute approximate surface area is 200 Å². The van der Waals surface area contributed by atoms with Crippen molar-refractivity contribution < 1.29 is 5.11 Å². The molecule has 0 bridgehead atoms. The number of aliphatic imine (C=N–C) groups is 2. The van der Waals surface area contributed by atoms with Crippen LogP contribution in [0.25, 0.3) is 0 Å². The summed E-state index contributed by atoms with van der Waals surface area (Å²) in [5, 5.41) is 19.5. The fourth-order valence-electron chi connectivity index (χ4n) is 2.37. The lowest BCUT2D eigenvalue weighted by Crippen LogP contribution is -2.19. The summed E-state index contributed by atoms with van der Waals surface area (Å²) in [7, 11) is 0. The number of benzene rings is 3. The summed E-state index contributed by atoms with van der Waals surface area (Å²) >= 11 is 4.70. The average molecular weight is 463 g/mol. The standard InChI is InChI=1S/C15H14N4O.C8H10N2S.C2H6/c16-9-11-1-3-12(4-2-11)15(17)19-10-18-13-5-7-14(20)8-6-13;1-6-4-2-3-5-7(6)10-8(9)11;1-2/h1-10,16,20H,(H2,17,18,19);2-5H,1H3,(H3,9,10,11);1-2H3. The molecule has 0 aliphatic rings. The molecule has 8 heteroatoms. The van der Waals surface area contributed by atoms with Crippen molar-refractivity contribution in [2.45, 2.75) is 20.8 Å². The van der Waals surface area contributed by atoms with E-state index in [1.165, 1.54) is 12.6 Å². The van der Waals surface area contributed by atoms with Crippen molar-refractivity contribution in [3.63, 3.8) is 0 Å². The van der Waals surface area contributed by atoms with Gasteiger partial charge in [0.1, 0.15) is 17.9 Å². The van der Waals surface area contributed by atoms with E-state index in [2.05, 4.69) is 15.3 Å². The molecule has 3 aromatic carbocycles. The zero-order valence-electron chi connectivity index (χ0n) is 19.0. The lowest BCUT2D eigenvalue weighted by Gasteiger charge is -2.05. The molecule has 0 radical (unpaired) electrons. The second kappa shape index (κ2) is 14.9. The van der Waals surface area contributed by atoms with Crippen molar-refractivity contribution in [1.29, 1.82) is 5.41 Å². The number of rotatable bonds is 5. The topological polar surface area (TPSA) is 133 Å². The van der Waals surface area contributed by atoms with Crippen LogP contribution < -0.4 is 16.8 Å². The van der Waals surface area contributed by atoms with Crippen LogP contribution in [0.15, 0.2) is 82.8 Å². The number of hydrogen-bond donors (Lipinski definition) is 5. The summed E-state index contributed by atoms with van der Waals surface area (Å²) in [4.78, 5) is 8.16. The lowest BCUT2D eigenvalue weighted by atomic mass is 10.1. The van der Waals surface area contributed by atoms with E-state index in [1.807, 2.05) is 45.0 Å². The summed E-state index contributed by atoms with van der Waals surface area (Å²) in [5.74, 6) is 0.544. The van der Waals surface area contributed by atoms with Crippen molar-refractivity contribution in [2.24, 2.45) is 21.5 Å². The number of nitrogens with two attached hydrogens (primary N) is 2. The van der Waals surface area contributed by atoms with Gasteiger partial charge in [0.15, 0.2) is 5.11 Å². The summed E-state index contributed by atoms with van der Waals surface area (Å²) in [6.45, 7) is 6.00. The highest BCUT2D eigenvalue weighted by Gasteiger charge is 1.97. The average Bonchev–Trinajstić information content (AvgIpc) is 2.83. The third-order valence-electron chi connectivity index (χ3n) is 4.03. The van der Waals surface area contributed by atoms with Crippen LogP contribution in [0.5, 0.6) is 5.75 Å². The Hall–Kier alpha value is -4.04. The van der Waals surface area contributed by atoms with Gasteiger partial charge in [-0.2, -0.15) is 0 Å². The smallest absolute Gasteiger partial charge is 0.168 e. The molecule has 0 fully saturated rings. The zero-order chi connectivity index (χ0) is 24.6. The first-order valence-corrected chi connectivity index (χ1v) is 10.7. The number of anilines is 1. The van der Waals surface area contributed by atoms with E-state index in [-0.39, 0.29) is 5.75 Å². The monoisotopic (exact) mass is 462 g/mol.